The summed E-state index contributed by atoms with van der Waals surface area (Å²) in [6.07, 6.45) is 2.55. The number of aromatic nitrogens is 3. The van der Waals surface area contributed by atoms with E-state index in [2.05, 4.69) is 51.6 Å². The monoisotopic (exact) mass is 364 g/mol. The number of nitrogens with one attached hydrogen (secondary N) is 1. The van der Waals surface area contributed by atoms with Gasteiger partial charge in [-0.3, -0.25) is 0 Å². The highest BCUT2D eigenvalue weighted by Gasteiger charge is 2.16. The first-order valence-electron chi connectivity index (χ1n) is 8.42. The molecule has 5 nitrogen and oxygen atoms in total. The van der Waals surface area contributed by atoms with Crippen LogP contribution in [0.1, 0.15) is 18.1 Å². The Labute approximate surface area is 156 Å². The van der Waals surface area contributed by atoms with Gasteiger partial charge in [0.05, 0.1) is 0 Å². The Morgan fingerprint density at radius 1 is 0.962 bits per heavy atom. The molecule has 0 unspecified atom stereocenters. The molecule has 0 spiro atoms. The molecule has 0 fully saturated rings. The van der Waals surface area contributed by atoms with Crippen molar-refractivity contribution in [3.05, 3.63) is 71.0 Å². The molecule has 0 bridgehead atoms. The van der Waals surface area contributed by atoms with Crippen LogP contribution in [-0.4, -0.2) is 15.1 Å². The minimum Gasteiger partial charge on any atom is -0.363 e. The quantitative estimate of drug-likeness (QED) is 0.533. The highest BCUT2D eigenvalue weighted by Crippen LogP contribution is 2.30. The molecule has 0 radical (unpaired) electrons. The number of rotatable bonds is 5. The van der Waals surface area contributed by atoms with Gasteiger partial charge in [-0.1, -0.05) is 60.1 Å². The number of nitrogens with zero attached hydrogens (tertiary/aromatic N) is 3. The lowest BCUT2D eigenvalue weighted by atomic mass is 10.1. The Kier molecular flexibility index (Phi) is 4.54. The van der Waals surface area contributed by atoms with E-state index < -0.39 is 0 Å². The molecule has 2 heterocycles. The number of halogens is 1. The van der Waals surface area contributed by atoms with Gasteiger partial charge in [-0.15, -0.1) is 0 Å². The average Bonchev–Trinajstić information content (AvgIpc) is 3.12. The second-order valence-corrected chi connectivity index (χ2v) is 6.40. The van der Waals surface area contributed by atoms with E-state index >= 15 is 0 Å². The topological polar surface area (TPSA) is 63.8 Å². The first kappa shape index (κ1) is 16.5. The van der Waals surface area contributed by atoms with E-state index in [9.17, 15) is 0 Å². The number of hydrogen-bond acceptors (Lipinski definition) is 5. The lowest BCUT2D eigenvalue weighted by molar-refractivity contribution is 0.459. The normalized spacial score (nSPS) is 11.0. The summed E-state index contributed by atoms with van der Waals surface area (Å²) < 4.78 is 5.52. The van der Waals surface area contributed by atoms with E-state index in [1.54, 1.807) is 0 Å². The van der Waals surface area contributed by atoms with E-state index in [0.29, 0.717) is 34.2 Å². The van der Waals surface area contributed by atoms with Crippen LogP contribution < -0.4 is 5.32 Å². The van der Waals surface area contributed by atoms with Crippen LogP contribution in [0, 0.1) is 0 Å². The van der Waals surface area contributed by atoms with Crippen molar-refractivity contribution < 1.29 is 4.52 Å². The van der Waals surface area contributed by atoms with Gasteiger partial charge in [0.15, 0.2) is 5.82 Å². The smallest absolute Gasteiger partial charge is 0.228 e. The molecule has 2 aromatic carbocycles. The summed E-state index contributed by atoms with van der Waals surface area (Å²) in [5, 5.41) is 8.16. The standard InChI is InChI=1S/C20H17ClN4O/c1-2-13-3-5-14(6-4-13)11-22-20-19-18(23-12-24-20)17(25-26-19)15-7-9-16(21)10-8-15/h3-10,12H,2,11H2,1H3,(H,22,23,24). The van der Waals surface area contributed by atoms with Crippen molar-refractivity contribution in [3.8, 4) is 11.3 Å². The third-order valence-corrected chi connectivity index (χ3v) is 4.52. The zero-order valence-electron chi connectivity index (χ0n) is 14.2. The molecule has 0 atom stereocenters. The Morgan fingerprint density at radius 3 is 2.42 bits per heavy atom. The molecule has 130 valence electrons. The molecule has 0 aliphatic heterocycles. The Morgan fingerprint density at radius 2 is 1.69 bits per heavy atom. The van der Waals surface area contributed by atoms with Crippen LogP contribution in [0.25, 0.3) is 22.4 Å². The van der Waals surface area contributed by atoms with Crippen molar-refractivity contribution in [2.24, 2.45) is 0 Å². The van der Waals surface area contributed by atoms with Crippen LogP contribution >= 0.6 is 11.6 Å². The maximum Gasteiger partial charge on any atom is 0.228 e. The largest absolute Gasteiger partial charge is 0.363 e. The van der Waals surface area contributed by atoms with E-state index in [-0.39, 0.29) is 0 Å². The van der Waals surface area contributed by atoms with Crippen molar-refractivity contribution in [3.63, 3.8) is 0 Å². The fourth-order valence-corrected chi connectivity index (χ4v) is 2.89. The summed E-state index contributed by atoms with van der Waals surface area (Å²) in [6, 6.07) is 15.9. The van der Waals surface area contributed by atoms with Gasteiger partial charge in [-0.05, 0) is 29.7 Å². The van der Waals surface area contributed by atoms with Crippen LogP contribution in [0.3, 0.4) is 0 Å². The zero-order valence-corrected chi connectivity index (χ0v) is 15.0. The number of aryl methyl sites for hydroxylation is 1. The highest BCUT2D eigenvalue weighted by atomic mass is 35.5. The average molecular weight is 365 g/mol. The van der Waals surface area contributed by atoms with Crippen LogP contribution in [0.15, 0.2) is 59.4 Å². The molecule has 0 aliphatic carbocycles. The van der Waals surface area contributed by atoms with Gasteiger partial charge in [0, 0.05) is 17.1 Å². The summed E-state index contributed by atoms with van der Waals surface area (Å²) in [4.78, 5) is 8.64. The zero-order chi connectivity index (χ0) is 17.9. The first-order valence-corrected chi connectivity index (χ1v) is 8.80. The highest BCUT2D eigenvalue weighted by molar-refractivity contribution is 6.30. The molecule has 0 aliphatic rings. The predicted molar refractivity (Wildman–Crippen MR) is 103 cm³/mol. The lowest BCUT2D eigenvalue weighted by Gasteiger charge is -2.06. The van der Waals surface area contributed by atoms with E-state index in [4.69, 9.17) is 16.1 Å². The molecule has 1 N–H and O–H groups in total. The Balaban J connectivity index is 1.61. The van der Waals surface area contributed by atoms with Gasteiger partial charge < -0.3 is 9.84 Å². The molecule has 4 rings (SSSR count). The van der Waals surface area contributed by atoms with Crippen LogP contribution in [-0.2, 0) is 13.0 Å². The molecule has 0 saturated heterocycles. The molecule has 2 aromatic heterocycles. The molecule has 0 saturated carbocycles. The van der Waals surface area contributed by atoms with Gasteiger partial charge in [0.2, 0.25) is 5.58 Å². The Bertz CT molecular complexity index is 1030. The van der Waals surface area contributed by atoms with Crippen molar-refractivity contribution in [2.45, 2.75) is 19.9 Å². The van der Waals surface area contributed by atoms with E-state index in [1.165, 1.54) is 17.5 Å². The number of benzene rings is 2. The molecular weight excluding hydrogens is 348 g/mol. The fourth-order valence-electron chi connectivity index (χ4n) is 2.77. The number of hydrogen-bond donors (Lipinski definition) is 1. The third-order valence-electron chi connectivity index (χ3n) is 4.27. The molecule has 0 amide bonds. The van der Waals surface area contributed by atoms with Crippen LogP contribution in [0.4, 0.5) is 5.82 Å². The summed E-state index contributed by atoms with van der Waals surface area (Å²) >= 11 is 5.96. The van der Waals surface area contributed by atoms with Gasteiger partial charge in [0.25, 0.3) is 0 Å². The number of fused-ring (bicyclic) bond motifs is 1. The summed E-state index contributed by atoms with van der Waals surface area (Å²) in [5.41, 5.74) is 5.28. The summed E-state index contributed by atoms with van der Waals surface area (Å²) in [7, 11) is 0. The van der Waals surface area contributed by atoms with Crippen molar-refractivity contribution in [1.82, 2.24) is 15.1 Å². The van der Waals surface area contributed by atoms with Gasteiger partial charge in [-0.25, -0.2) is 9.97 Å². The summed E-state index contributed by atoms with van der Waals surface area (Å²) in [5.74, 6) is 0.627. The minimum atomic E-state index is 0.544. The first-order chi connectivity index (χ1) is 12.7. The van der Waals surface area contributed by atoms with Crippen molar-refractivity contribution in [1.29, 1.82) is 0 Å². The van der Waals surface area contributed by atoms with Gasteiger partial charge in [-0.2, -0.15) is 0 Å². The fraction of sp³-hybridized carbons (Fsp3) is 0.150. The summed E-state index contributed by atoms with van der Waals surface area (Å²) in [6.45, 7) is 2.79. The lowest BCUT2D eigenvalue weighted by Crippen LogP contribution is -2.02. The number of anilines is 1. The second-order valence-electron chi connectivity index (χ2n) is 5.96. The molecular formula is C20H17ClN4O. The molecule has 6 heteroatoms. The third kappa shape index (κ3) is 3.26. The maximum absolute atomic E-state index is 5.96. The van der Waals surface area contributed by atoms with E-state index in [0.717, 1.165) is 12.0 Å². The maximum atomic E-state index is 5.96. The molecule has 4 aromatic rings. The second kappa shape index (κ2) is 7.14. The van der Waals surface area contributed by atoms with Gasteiger partial charge >= 0.3 is 0 Å². The van der Waals surface area contributed by atoms with Crippen molar-refractivity contribution >= 4 is 28.5 Å². The van der Waals surface area contributed by atoms with E-state index in [1.807, 2.05) is 24.3 Å². The predicted octanol–water partition coefficient (Wildman–Crippen LogP) is 5.11. The molecule has 26 heavy (non-hydrogen) atoms. The minimum absolute atomic E-state index is 0.544. The Hall–Kier alpha value is -2.92. The van der Waals surface area contributed by atoms with Crippen molar-refractivity contribution in [2.75, 3.05) is 5.32 Å². The SMILES string of the molecule is CCc1ccc(CNc2ncnc3c(-c4ccc(Cl)cc4)noc23)cc1. The van der Waals surface area contributed by atoms with Crippen LogP contribution in [0.5, 0.6) is 0 Å². The van der Waals surface area contributed by atoms with Crippen LogP contribution in [0.2, 0.25) is 5.02 Å². The van der Waals surface area contributed by atoms with Gasteiger partial charge in [0.1, 0.15) is 17.5 Å².